The molecule has 5 rings (SSSR count). The van der Waals surface area contributed by atoms with Crippen LogP contribution in [0.5, 0.6) is 17.2 Å². The number of thiazole rings is 1. The van der Waals surface area contributed by atoms with Crippen molar-refractivity contribution < 1.29 is 28.9 Å². The molecule has 0 spiro atoms. The van der Waals surface area contributed by atoms with Crippen LogP contribution < -0.4 is 19.1 Å². The number of aliphatic hydroxyl groups excluding tert-OH is 1. The van der Waals surface area contributed by atoms with E-state index in [0.717, 1.165) is 22.2 Å². The number of nitrogens with zero attached hydrogens (tertiary/aromatic N) is 2. The number of anilines is 1. The molecule has 9 heteroatoms. The van der Waals surface area contributed by atoms with Crippen molar-refractivity contribution in [3.05, 3.63) is 82.9 Å². The number of fused-ring (bicyclic) bond motifs is 1. The fraction of sp³-hybridized carbons (Fsp3) is 0.258. The quantitative estimate of drug-likeness (QED) is 0.144. The van der Waals surface area contributed by atoms with E-state index in [4.69, 9.17) is 19.2 Å². The van der Waals surface area contributed by atoms with Gasteiger partial charge in [-0.3, -0.25) is 14.5 Å². The van der Waals surface area contributed by atoms with Crippen LogP contribution in [-0.2, 0) is 9.59 Å². The minimum atomic E-state index is -0.941. The van der Waals surface area contributed by atoms with Gasteiger partial charge in [-0.05, 0) is 79.9 Å². The fourth-order valence-electron chi connectivity index (χ4n) is 4.67. The zero-order valence-electron chi connectivity index (χ0n) is 22.8. The maximum atomic E-state index is 13.6. The zero-order valence-corrected chi connectivity index (χ0v) is 23.6. The molecule has 40 heavy (non-hydrogen) atoms. The van der Waals surface area contributed by atoms with Gasteiger partial charge in [-0.25, -0.2) is 4.98 Å². The van der Waals surface area contributed by atoms with Crippen LogP contribution in [0.15, 0.2) is 66.2 Å². The Morgan fingerprint density at radius 1 is 1.00 bits per heavy atom. The first-order valence-electron chi connectivity index (χ1n) is 13.1. The Morgan fingerprint density at radius 2 is 1.77 bits per heavy atom. The van der Waals surface area contributed by atoms with Gasteiger partial charge in [0.05, 0.1) is 42.2 Å². The number of methoxy groups -OCH3 is 1. The van der Waals surface area contributed by atoms with Crippen molar-refractivity contribution in [3.63, 3.8) is 0 Å². The molecule has 0 saturated carbocycles. The van der Waals surface area contributed by atoms with E-state index in [2.05, 4.69) is 0 Å². The molecule has 2 heterocycles. The molecule has 1 aliphatic heterocycles. The van der Waals surface area contributed by atoms with E-state index in [1.165, 1.54) is 16.2 Å². The van der Waals surface area contributed by atoms with Crippen LogP contribution in [0.1, 0.15) is 43.0 Å². The third kappa shape index (κ3) is 5.00. The highest BCUT2D eigenvalue weighted by atomic mass is 32.1. The first-order valence-corrected chi connectivity index (χ1v) is 13.9. The molecule has 1 saturated heterocycles. The number of ether oxygens (including phenoxy) is 3. The summed E-state index contributed by atoms with van der Waals surface area (Å²) >= 11 is 1.32. The average Bonchev–Trinajstić information content (AvgIpc) is 3.49. The molecule has 4 aromatic rings. The van der Waals surface area contributed by atoms with Crippen molar-refractivity contribution in [2.45, 2.75) is 33.2 Å². The van der Waals surface area contributed by atoms with E-state index < -0.39 is 17.7 Å². The van der Waals surface area contributed by atoms with Gasteiger partial charge in [0.2, 0.25) is 0 Å². The van der Waals surface area contributed by atoms with Crippen molar-refractivity contribution in [2.75, 3.05) is 25.2 Å². The lowest BCUT2D eigenvalue weighted by Gasteiger charge is -2.24. The summed E-state index contributed by atoms with van der Waals surface area (Å²) in [7, 11) is 1.55. The molecule has 8 nitrogen and oxygen atoms in total. The summed E-state index contributed by atoms with van der Waals surface area (Å²) in [6, 6.07) is 16.9. The van der Waals surface area contributed by atoms with Crippen molar-refractivity contribution >= 4 is 44.1 Å². The number of ketones is 1. The van der Waals surface area contributed by atoms with Crippen molar-refractivity contribution in [2.24, 2.45) is 0 Å². The van der Waals surface area contributed by atoms with Crippen LogP contribution in [-0.4, -0.2) is 42.1 Å². The lowest BCUT2D eigenvalue weighted by Crippen LogP contribution is -2.29. The standard InChI is InChI=1S/C31H30N2O6S/c1-5-15-39-23-14-10-20(17-24(23)38-6-2)27-26(28(34)19-8-11-21(37-4)12-9-19)29(35)30(36)33(27)31-32-22-13-7-18(3)16-25(22)40-31/h7-14,16-17,27,34H,5-6,15H2,1-4H3/b28-26+. The molecule has 0 bridgehead atoms. The maximum absolute atomic E-state index is 13.6. The second-order valence-corrected chi connectivity index (χ2v) is 10.4. The highest BCUT2D eigenvalue weighted by molar-refractivity contribution is 7.22. The predicted octanol–water partition coefficient (Wildman–Crippen LogP) is 6.43. The first kappa shape index (κ1) is 27.2. The SMILES string of the molecule is CCCOc1ccc(C2/C(=C(\O)c3ccc(OC)cc3)C(=O)C(=O)N2c2nc3ccc(C)cc3s2)cc1OCC. The number of carbonyl (C=O) groups is 2. The van der Waals surface area contributed by atoms with E-state index >= 15 is 0 Å². The normalized spacial score (nSPS) is 16.5. The third-order valence-electron chi connectivity index (χ3n) is 6.59. The number of aromatic nitrogens is 1. The number of hydrogen-bond acceptors (Lipinski definition) is 8. The molecule has 0 radical (unpaired) electrons. The van der Waals surface area contributed by atoms with Crippen LogP contribution in [0.3, 0.4) is 0 Å². The van der Waals surface area contributed by atoms with Crippen molar-refractivity contribution in [1.82, 2.24) is 4.98 Å². The Balaban J connectivity index is 1.70. The molecule has 206 valence electrons. The lowest BCUT2D eigenvalue weighted by molar-refractivity contribution is -0.132. The topological polar surface area (TPSA) is 98.2 Å². The van der Waals surface area contributed by atoms with Crippen LogP contribution in [0, 0.1) is 6.92 Å². The summed E-state index contributed by atoms with van der Waals surface area (Å²) < 4.78 is 17.9. The number of aryl methyl sites for hydroxylation is 1. The van der Waals surface area contributed by atoms with Crippen LogP contribution in [0.4, 0.5) is 5.13 Å². The molecule has 1 aromatic heterocycles. The number of amides is 1. The largest absolute Gasteiger partial charge is 0.507 e. The van der Waals surface area contributed by atoms with Gasteiger partial charge in [0.1, 0.15) is 11.5 Å². The summed E-state index contributed by atoms with van der Waals surface area (Å²) in [6.45, 7) is 6.78. The molecule has 1 atom stereocenters. The van der Waals surface area contributed by atoms with Gasteiger partial charge >= 0.3 is 5.91 Å². The highest BCUT2D eigenvalue weighted by Crippen LogP contribution is 2.46. The predicted molar refractivity (Wildman–Crippen MR) is 156 cm³/mol. The summed E-state index contributed by atoms with van der Waals surface area (Å²) in [5, 5.41) is 11.8. The molecule has 1 fully saturated rings. The van der Waals surface area contributed by atoms with Gasteiger partial charge in [0, 0.05) is 5.56 Å². The van der Waals surface area contributed by atoms with Gasteiger partial charge in [0.15, 0.2) is 16.6 Å². The molecule has 1 amide bonds. The molecular formula is C31H30N2O6S. The van der Waals surface area contributed by atoms with Crippen molar-refractivity contribution in [3.8, 4) is 17.2 Å². The summed E-state index contributed by atoms with van der Waals surface area (Å²) in [4.78, 5) is 33.3. The van der Waals surface area contributed by atoms with Gasteiger partial charge < -0.3 is 19.3 Å². The Bertz CT molecular complexity index is 1610. The van der Waals surface area contributed by atoms with Crippen molar-refractivity contribution in [1.29, 1.82) is 0 Å². The molecular weight excluding hydrogens is 528 g/mol. The summed E-state index contributed by atoms with van der Waals surface area (Å²) in [5.74, 6) is -0.186. The van der Waals surface area contributed by atoms with E-state index in [-0.39, 0.29) is 11.3 Å². The van der Waals surface area contributed by atoms with Gasteiger partial charge in [0.25, 0.3) is 5.78 Å². The third-order valence-corrected chi connectivity index (χ3v) is 7.61. The van der Waals surface area contributed by atoms with E-state index in [9.17, 15) is 14.7 Å². The Hall–Kier alpha value is -4.37. The second kappa shape index (κ2) is 11.4. The Kier molecular flexibility index (Phi) is 7.75. The molecule has 1 N–H and O–H groups in total. The van der Waals surface area contributed by atoms with Crippen LogP contribution >= 0.6 is 11.3 Å². The van der Waals surface area contributed by atoms with Gasteiger partial charge in [-0.2, -0.15) is 0 Å². The Labute approximate surface area is 236 Å². The monoisotopic (exact) mass is 558 g/mol. The smallest absolute Gasteiger partial charge is 0.301 e. The molecule has 3 aromatic carbocycles. The molecule has 1 unspecified atom stereocenters. The minimum absolute atomic E-state index is 0.0321. The maximum Gasteiger partial charge on any atom is 0.301 e. The number of hydrogen-bond donors (Lipinski definition) is 1. The number of benzene rings is 3. The number of rotatable bonds is 9. The van der Waals surface area contributed by atoms with E-state index in [1.54, 1.807) is 49.6 Å². The van der Waals surface area contributed by atoms with Crippen LogP contribution in [0.25, 0.3) is 16.0 Å². The van der Waals surface area contributed by atoms with Crippen LogP contribution in [0.2, 0.25) is 0 Å². The summed E-state index contributed by atoms with van der Waals surface area (Å²) in [5.41, 5.74) is 2.72. The number of aliphatic hydroxyl groups is 1. The minimum Gasteiger partial charge on any atom is -0.507 e. The highest BCUT2D eigenvalue weighted by Gasteiger charge is 2.48. The second-order valence-electron chi connectivity index (χ2n) is 9.35. The summed E-state index contributed by atoms with van der Waals surface area (Å²) in [6.07, 6.45) is 0.826. The molecule has 0 aliphatic carbocycles. The fourth-order valence-corrected chi connectivity index (χ4v) is 5.76. The van der Waals surface area contributed by atoms with E-state index in [0.29, 0.717) is 46.7 Å². The van der Waals surface area contributed by atoms with Gasteiger partial charge in [-0.15, -0.1) is 0 Å². The molecule has 1 aliphatic rings. The number of carbonyl (C=O) groups excluding carboxylic acids is 2. The van der Waals surface area contributed by atoms with Gasteiger partial charge in [-0.1, -0.05) is 30.4 Å². The zero-order chi connectivity index (χ0) is 28.4. The Morgan fingerprint density at radius 3 is 2.48 bits per heavy atom. The average molecular weight is 559 g/mol. The van der Waals surface area contributed by atoms with E-state index in [1.807, 2.05) is 39.0 Å². The number of Topliss-reactive ketones (excluding diaryl/α,β-unsaturated/α-hetero) is 1. The lowest BCUT2D eigenvalue weighted by atomic mass is 9.95. The first-order chi connectivity index (χ1) is 19.4.